The zero-order valence-corrected chi connectivity index (χ0v) is 12.2. The summed E-state index contributed by atoms with van der Waals surface area (Å²) in [5.74, 6) is 0. The Labute approximate surface area is 116 Å². The van der Waals surface area contributed by atoms with E-state index in [1.54, 1.807) is 11.9 Å². The second-order valence-corrected chi connectivity index (χ2v) is 5.29. The maximum atomic E-state index is 11.1. The topological polar surface area (TPSA) is 20.3 Å². The molecular formula is C15H16BrNO. The van der Waals surface area contributed by atoms with Crippen LogP contribution in [0.5, 0.6) is 0 Å². The molecule has 1 amide bonds. The third-order valence-electron chi connectivity index (χ3n) is 3.10. The minimum atomic E-state index is -0.0705. The van der Waals surface area contributed by atoms with E-state index in [0.717, 1.165) is 13.0 Å². The Hall–Kier alpha value is -1.35. The Kier molecular flexibility index (Phi) is 4.02. The summed E-state index contributed by atoms with van der Waals surface area (Å²) in [6.07, 6.45) is 0.873. The Balaban J connectivity index is 2.15. The number of likely N-dealkylation sites (N-methyl/N-ethyl adjacent to an activating group) is 1. The molecule has 0 saturated carbocycles. The number of benzene rings is 2. The van der Waals surface area contributed by atoms with E-state index in [1.165, 1.54) is 21.9 Å². The first-order valence-electron chi connectivity index (χ1n) is 5.96. The number of hydrogen-bond donors (Lipinski definition) is 0. The molecule has 0 N–H and O–H groups in total. The number of rotatable bonds is 3. The standard InChI is InChI=1S/C15H16BrNO/c1-11-3-5-14-10-12(4-6-13(14)9-11)7-8-17(2)15(16)18/h3-6,9-10H,7-8H2,1-2H3. The van der Waals surface area contributed by atoms with E-state index in [0.29, 0.717) is 0 Å². The number of amides is 1. The van der Waals surface area contributed by atoms with Gasteiger partial charge in [-0.25, -0.2) is 0 Å². The van der Waals surface area contributed by atoms with Crippen LogP contribution in [0.15, 0.2) is 36.4 Å². The van der Waals surface area contributed by atoms with Crippen molar-refractivity contribution in [3.8, 4) is 0 Å². The Morgan fingerprint density at radius 3 is 2.56 bits per heavy atom. The molecule has 0 bridgehead atoms. The predicted octanol–water partition coefficient (Wildman–Crippen LogP) is 4.14. The number of carbonyl (C=O) groups excluding carboxylic acids is 1. The number of fused-ring (bicyclic) bond motifs is 1. The number of aryl methyl sites for hydroxylation is 1. The molecule has 0 aliphatic rings. The van der Waals surface area contributed by atoms with Crippen LogP contribution in [-0.4, -0.2) is 23.3 Å². The minimum absolute atomic E-state index is 0.0705. The molecule has 18 heavy (non-hydrogen) atoms. The maximum absolute atomic E-state index is 11.1. The fraction of sp³-hybridized carbons (Fsp3) is 0.267. The molecule has 0 unspecified atom stereocenters. The van der Waals surface area contributed by atoms with Crippen molar-refractivity contribution in [3.63, 3.8) is 0 Å². The van der Waals surface area contributed by atoms with Gasteiger partial charge >= 0.3 is 0 Å². The second-order valence-electron chi connectivity index (χ2n) is 4.61. The molecule has 0 radical (unpaired) electrons. The summed E-state index contributed by atoms with van der Waals surface area (Å²) in [5.41, 5.74) is 2.53. The minimum Gasteiger partial charge on any atom is -0.336 e. The van der Waals surface area contributed by atoms with Crippen molar-refractivity contribution in [2.75, 3.05) is 13.6 Å². The van der Waals surface area contributed by atoms with Crippen LogP contribution in [0.3, 0.4) is 0 Å². The van der Waals surface area contributed by atoms with Crippen LogP contribution < -0.4 is 0 Å². The molecule has 0 aliphatic heterocycles. The first kappa shape index (κ1) is 13.1. The third-order valence-corrected chi connectivity index (χ3v) is 3.70. The van der Waals surface area contributed by atoms with Gasteiger partial charge in [0.25, 0.3) is 4.82 Å². The number of hydrogen-bond acceptors (Lipinski definition) is 1. The van der Waals surface area contributed by atoms with Gasteiger partial charge < -0.3 is 4.90 Å². The van der Waals surface area contributed by atoms with E-state index in [9.17, 15) is 4.79 Å². The van der Waals surface area contributed by atoms with Crippen LogP contribution in [0.2, 0.25) is 0 Å². The summed E-state index contributed by atoms with van der Waals surface area (Å²) in [6, 6.07) is 12.9. The monoisotopic (exact) mass is 305 g/mol. The van der Waals surface area contributed by atoms with E-state index >= 15 is 0 Å². The lowest BCUT2D eigenvalue weighted by molar-refractivity contribution is 0.235. The van der Waals surface area contributed by atoms with E-state index in [2.05, 4.69) is 59.3 Å². The van der Waals surface area contributed by atoms with Crippen molar-refractivity contribution in [2.45, 2.75) is 13.3 Å². The van der Waals surface area contributed by atoms with Gasteiger partial charge in [-0.2, -0.15) is 0 Å². The molecule has 3 heteroatoms. The van der Waals surface area contributed by atoms with Gasteiger partial charge in [0.05, 0.1) is 0 Å². The molecule has 0 aliphatic carbocycles. The summed E-state index contributed by atoms with van der Waals surface area (Å²) in [7, 11) is 1.79. The van der Waals surface area contributed by atoms with Gasteiger partial charge in [0, 0.05) is 29.5 Å². The maximum Gasteiger partial charge on any atom is 0.289 e. The highest BCUT2D eigenvalue weighted by Crippen LogP contribution is 2.18. The average molecular weight is 306 g/mol. The van der Waals surface area contributed by atoms with Crippen molar-refractivity contribution in [1.29, 1.82) is 0 Å². The number of carbonyl (C=O) groups is 1. The fourth-order valence-corrected chi connectivity index (χ4v) is 2.13. The molecule has 0 spiro atoms. The van der Waals surface area contributed by atoms with Gasteiger partial charge in [-0.1, -0.05) is 42.0 Å². The lowest BCUT2D eigenvalue weighted by Gasteiger charge is -2.13. The molecule has 0 saturated heterocycles. The van der Waals surface area contributed by atoms with Crippen molar-refractivity contribution >= 4 is 31.5 Å². The van der Waals surface area contributed by atoms with E-state index < -0.39 is 0 Å². The SMILES string of the molecule is Cc1ccc2cc(CCN(C)C(=O)Br)ccc2c1. The highest BCUT2D eigenvalue weighted by atomic mass is 79.9. The van der Waals surface area contributed by atoms with Gasteiger partial charge in [-0.05, 0) is 29.7 Å². The van der Waals surface area contributed by atoms with Crippen molar-refractivity contribution in [3.05, 3.63) is 47.5 Å². The van der Waals surface area contributed by atoms with E-state index in [-0.39, 0.29) is 4.82 Å². The highest BCUT2D eigenvalue weighted by molar-refractivity contribution is 9.18. The molecule has 0 heterocycles. The number of nitrogens with zero attached hydrogens (tertiary/aromatic N) is 1. The highest BCUT2D eigenvalue weighted by Gasteiger charge is 2.04. The van der Waals surface area contributed by atoms with Gasteiger partial charge in [-0.15, -0.1) is 0 Å². The van der Waals surface area contributed by atoms with Crippen LogP contribution in [0.4, 0.5) is 4.79 Å². The Morgan fingerprint density at radius 2 is 1.83 bits per heavy atom. The second kappa shape index (κ2) is 5.53. The van der Waals surface area contributed by atoms with Crippen molar-refractivity contribution < 1.29 is 4.79 Å². The fourth-order valence-electron chi connectivity index (χ4n) is 1.95. The molecule has 94 valence electrons. The molecular weight excluding hydrogens is 290 g/mol. The van der Waals surface area contributed by atoms with Crippen molar-refractivity contribution in [2.24, 2.45) is 0 Å². The first-order valence-corrected chi connectivity index (χ1v) is 6.75. The van der Waals surface area contributed by atoms with Gasteiger partial charge in [0.2, 0.25) is 0 Å². The van der Waals surface area contributed by atoms with Crippen LogP contribution in [0.25, 0.3) is 10.8 Å². The van der Waals surface area contributed by atoms with Crippen LogP contribution in [0, 0.1) is 6.92 Å². The van der Waals surface area contributed by atoms with E-state index in [4.69, 9.17) is 0 Å². The van der Waals surface area contributed by atoms with Crippen LogP contribution in [-0.2, 0) is 6.42 Å². The average Bonchev–Trinajstić information content (AvgIpc) is 2.35. The normalized spacial score (nSPS) is 10.6. The zero-order chi connectivity index (χ0) is 13.1. The summed E-state index contributed by atoms with van der Waals surface area (Å²) >= 11 is 2.95. The summed E-state index contributed by atoms with van der Waals surface area (Å²) in [4.78, 5) is 12.7. The van der Waals surface area contributed by atoms with E-state index in [1.807, 2.05) is 0 Å². The predicted molar refractivity (Wildman–Crippen MR) is 79.3 cm³/mol. The molecule has 0 aromatic heterocycles. The summed E-state index contributed by atoms with van der Waals surface area (Å²) in [6.45, 7) is 2.82. The van der Waals surface area contributed by atoms with Crippen molar-refractivity contribution in [1.82, 2.24) is 4.90 Å². The van der Waals surface area contributed by atoms with Crippen LogP contribution >= 0.6 is 15.9 Å². The van der Waals surface area contributed by atoms with Gasteiger partial charge in [0.1, 0.15) is 0 Å². The lowest BCUT2D eigenvalue weighted by Crippen LogP contribution is -2.23. The largest absolute Gasteiger partial charge is 0.336 e. The summed E-state index contributed by atoms with van der Waals surface area (Å²) in [5, 5.41) is 2.52. The van der Waals surface area contributed by atoms with Gasteiger partial charge in [-0.3, -0.25) is 4.79 Å². The molecule has 2 aromatic carbocycles. The first-order chi connectivity index (χ1) is 8.56. The Morgan fingerprint density at radius 1 is 1.17 bits per heavy atom. The van der Waals surface area contributed by atoms with Gasteiger partial charge in [0.15, 0.2) is 0 Å². The van der Waals surface area contributed by atoms with Crippen LogP contribution in [0.1, 0.15) is 11.1 Å². The third kappa shape index (κ3) is 3.10. The molecule has 0 atom stereocenters. The zero-order valence-electron chi connectivity index (χ0n) is 10.6. The molecule has 0 fully saturated rings. The number of halogens is 1. The quantitative estimate of drug-likeness (QED) is 0.616. The molecule has 2 nitrogen and oxygen atoms in total. The smallest absolute Gasteiger partial charge is 0.289 e. The summed E-state index contributed by atoms with van der Waals surface area (Å²) < 4.78 is 0. The molecule has 2 aromatic rings. The Bertz CT molecular complexity index is 580. The lowest BCUT2D eigenvalue weighted by atomic mass is 10.0. The molecule has 2 rings (SSSR count).